The van der Waals surface area contributed by atoms with Crippen LogP contribution in [-0.2, 0) is 32.9 Å². The quantitative estimate of drug-likeness (QED) is 0.0950. The smallest absolute Gasteiger partial charge is 0.218 e. The van der Waals surface area contributed by atoms with Gasteiger partial charge in [0.25, 0.3) is 0 Å². The maximum Gasteiger partial charge on any atom is 0.218 e. The summed E-state index contributed by atoms with van der Waals surface area (Å²) in [5, 5.41) is 1.71. The topological polar surface area (TPSA) is 51.8 Å². The van der Waals surface area contributed by atoms with Gasteiger partial charge in [-0.2, -0.15) is 9.37 Å². The average Bonchev–Trinajstić information content (AvgIpc) is 3.67. The first-order valence-electron chi connectivity index (χ1n) is 16.8. The number of benzene rings is 2. The molecule has 1 radical (unpaired) electrons. The van der Waals surface area contributed by atoms with Crippen LogP contribution < -0.4 is 4.40 Å². The van der Waals surface area contributed by atoms with E-state index in [2.05, 4.69) is 90.6 Å². The van der Waals surface area contributed by atoms with Crippen LogP contribution >= 0.6 is 0 Å². The predicted octanol–water partition coefficient (Wildman–Crippen LogP) is 10.4. The predicted molar refractivity (Wildman–Crippen MR) is 194 cm³/mol. The largest absolute Gasteiger partial charge is 0.486 e. The number of fused-ring (bicyclic) bond motifs is 3. The fourth-order valence-corrected chi connectivity index (χ4v) is 9.92. The Morgan fingerprint density at radius 3 is 2.38 bits per heavy atom. The molecule has 0 saturated heterocycles. The van der Waals surface area contributed by atoms with E-state index in [1.807, 2.05) is 30.5 Å². The molecular weight excluding hydrogens is 834 g/mol. The summed E-state index contributed by atoms with van der Waals surface area (Å²) in [5.74, 6) is 7.59. The van der Waals surface area contributed by atoms with Crippen molar-refractivity contribution in [2.75, 3.05) is 0 Å². The molecule has 4 aromatic heterocycles. The van der Waals surface area contributed by atoms with Crippen LogP contribution in [0.4, 0.5) is 4.39 Å². The van der Waals surface area contributed by atoms with Gasteiger partial charge in [-0.25, -0.2) is 0 Å². The van der Waals surface area contributed by atoms with Crippen molar-refractivity contribution >= 4 is 39.7 Å². The van der Waals surface area contributed by atoms with Crippen molar-refractivity contribution in [1.82, 2.24) is 15.0 Å². The second kappa shape index (κ2) is 15.1. The molecule has 251 valence electrons. The molecule has 2 aromatic carbocycles. The molecule has 0 unspecified atom stereocenters. The van der Waals surface area contributed by atoms with Gasteiger partial charge in [0, 0.05) is 31.7 Å². The van der Waals surface area contributed by atoms with Crippen molar-refractivity contribution in [3.05, 3.63) is 108 Å². The minimum Gasteiger partial charge on any atom is -0.486 e. The first-order chi connectivity index (χ1) is 22.4. The SMILES string of the molecule is CC(C)(C)Cc1cc(-c2[c-]cccc2)nc[c]1[Ge]([CH3])([CH3])[CH3].Fc1ccc2c(n1)oc1c[c-]c(-c3cc(CC4CCCC4)ccn3)cc12.[Ir]. The second-order valence-electron chi connectivity index (χ2n) is 15.1. The van der Waals surface area contributed by atoms with E-state index in [9.17, 15) is 4.39 Å². The minimum atomic E-state index is -1.90. The molecule has 0 N–H and O–H groups in total. The molecule has 0 bridgehead atoms. The summed E-state index contributed by atoms with van der Waals surface area (Å²) in [5.41, 5.74) is 8.03. The van der Waals surface area contributed by atoms with Gasteiger partial charge < -0.3 is 9.40 Å². The number of furan rings is 1. The van der Waals surface area contributed by atoms with Crippen LogP contribution in [-0.4, -0.2) is 28.2 Å². The molecular formula is C41H44FGeIrN3O-2. The average molecular weight is 879 g/mol. The zero-order valence-electron chi connectivity index (χ0n) is 28.8. The van der Waals surface area contributed by atoms with Gasteiger partial charge in [-0.1, -0.05) is 42.7 Å². The molecule has 48 heavy (non-hydrogen) atoms. The molecule has 4 nitrogen and oxygen atoms in total. The van der Waals surface area contributed by atoms with Crippen LogP contribution in [0, 0.1) is 29.4 Å². The monoisotopic (exact) mass is 880 g/mol. The Labute approximate surface area is 300 Å². The molecule has 0 atom stereocenters. The van der Waals surface area contributed by atoms with Crippen LogP contribution in [0.5, 0.6) is 0 Å². The Kier molecular flexibility index (Phi) is 11.4. The van der Waals surface area contributed by atoms with E-state index in [0.717, 1.165) is 52.0 Å². The maximum atomic E-state index is 13.3. The Morgan fingerprint density at radius 1 is 0.896 bits per heavy atom. The summed E-state index contributed by atoms with van der Waals surface area (Å²) in [4.78, 5) is 13.1. The molecule has 0 amide bonds. The molecule has 4 heterocycles. The minimum absolute atomic E-state index is 0. The van der Waals surface area contributed by atoms with Crippen LogP contribution in [0.3, 0.4) is 0 Å². The fraction of sp³-hybridized carbons (Fsp3) is 0.341. The molecule has 7 rings (SSSR count). The number of aromatic nitrogens is 3. The fourth-order valence-electron chi connectivity index (χ4n) is 6.61. The summed E-state index contributed by atoms with van der Waals surface area (Å²) in [6.07, 6.45) is 11.6. The van der Waals surface area contributed by atoms with Gasteiger partial charge in [-0.15, -0.1) is 23.8 Å². The van der Waals surface area contributed by atoms with Crippen LogP contribution in [0.15, 0.2) is 83.5 Å². The van der Waals surface area contributed by atoms with Crippen LogP contribution in [0.25, 0.3) is 44.6 Å². The first-order valence-corrected chi connectivity index (χ1v) is 24.1. The molecule has 1 fully saturated rings. The number of hydrogen-bond donors (Lipinski definition) is 0. The Bertz CT molecular complexity index is 1990. The van der Waals surface area contributed by atoms with Gasteiger partial charge in [0.2, 0.25) is 11.7 Å². The Hall–Kier alpha value is -3.19. The van der Waals surface area contributed by atoms with E-state index in [1.54, 1.807) is 12.1 Å². The third-order valence-electron chi connectivity index (χ3n) is 8.84. The third-order valence-corrected chi connectivity index (χ3v) is 13.2. The van der Waals surface area contributed by atoms with E-state index in [-0.39, 0.29) is 20.1 Å². The summed E-state index contributed by atoms with van der Waals surface area (Å²) < 4.78 is 20.5. The van der Waals surface area contributed by atoms with Crippen molar-refractivity contribution in [3.63, 3.8) is 0 Å². The zero-order chi connectivity index (χ0) is 33.2. The number of hydrogen-bond acceptors (Lipinski definition) is 4. The molecule has 0 spiro atoms. The first kappa shape index (κ1) is 36.1. The van der Waals surface area contributed by atoms with Gasteiger partial charge in [0.05, 0.1) is 5.58 Å². The van der Waals surface area contributed by atoms with E-state index < -0.39 is 19.2 Å². The van der Waals surface area contributed by atoms with E-state index in [0.29, 0.717) is 16.7 Å². The Morgan fingerprint density at radius 2 is 1.67 bits per heavy atom. The van der Waals surface area contributed by atoms with Crippen molar-refractivity contribution in [2.24, 2.45) is 11.3 Å². The maximum absolute atomic E-state index is 13.3. The van der Waals surface area contributed by atoms with Crippen molar-refractivity contribution < 1.29 is 28.9 Å². The molecule has 1 aliphatic rings. The van der Waals surface area contributed by atoms with E-state index >= 15 is 0 Å². The second-order valence-corrected chi connectivity index (χ2v) is 25.7. The van der Waals surface area contributed by atoms with Crippen molar-refractivity contribution in [3.8, 4) is 22.5 Å². The number of rotatable bonds is 6. The zero-order valence-corrected chi connectivity index (χ0v) is 33.3. The Balaban J connectivity index is 0.000000189. The summed E-state index contributed by atoms with van der Waals surface area (Å²) in [7, 11) is 0. The van der Waals surface area contributed by atoms with E-state index in [4.69, 9.17) is 9.40 Å². The van der Waals surface area contributed by atoms with Gasteiger partial charge in [-0.05, 0) is 36.2 Å². The number of nitrogens with zero attached hydrogens (tertiary/aromatic N) is 3. The number of pyridine rings is 3. The normalized spacial score (nSPS) is 13.7. The molecule has 1 aliphatic carbocycles. The standard InChI is InChI=1S/C22H18FN2O.C19H26GeN.Ir/c23-21-8-6-17-18-13-16(5-7-20(18)26-22(17)25-21)19-12-15(9-10-24-19)11-14-3-1-2-4-14;1-19(2,3)13-16-12-18(15-10-8-7-9-11-15)21-14-17(16)20(4,5)6;/h6-10,12-14H,1-4,11H2;7-10,12,14H,13H2,1-6H3;/q2*-1;. The third kappa shape index (κ3) is 8.88. The van der Waals surface area contributed by atoms with Gasteiger partial charge >= 0.3 is 132 Å². The molecule has 1 saturated carbocycles. The molecule has 0 aliphatic heterocycles. The van der Waals surface area contributed by atoms with Gasteiger partial charge in [0.15, 0.2) is 0 Å². The van der Waals surface area contributed by atoms with Crippen LogP contribution in [0.2, 0.25) is 17.3 Å². The summed E-state index contributed by atoms with van der Waals surface area (Å²) >= 11 is -1.90. The van der Waals surface area contributed by atoms with Crippen molar-refractivity contribution in [1.29, 1.82) is 0 Å². The summed E-state index contributed by atoms with van der Waals surface area (Å²) in [6, 6.07) is 28.0. The number of halogens is 1. The summed E-state index contributed by atoms with van der Waals surface area (Å²) in [6.45, 7) is 6.92. The van der Waals surface area contributed by atoms with Gasteiger partial charge in [-0.3, -0.25) is 0 Å². The van der Waals surface area contributed by atoms with Gasteiger partial charge in [0.1, 0.15) is 0 Å². The molecule has 6 aromatic rings. The van der Waals surface area contributed by atoms with E-state index in [1.165, 1.54) is 47.3 Å². The van der Waals surface area contributed by atoms with Crippen LogP contribution in [0.1, 0.15) is 57.6 Å². The van der Waals surface area contributed by atoms with Crippen molar-refractivity contribution in [2.45, 2.75) is 76.6 Å². The molecule has 7 heteroatoms.